The average molecular weight is 514 g/mol. The normalized spacial score (nSPS) is 15.8. The maximum absolute atomic E-state index is 13.6. The summed E-state index contributed by atoms with van der Waals surface area (Å²) in [5.41, 5.74) is 3.22. The summed E-state index contributed by atoms with van der Waals surface area (Å²) in [7, 11) is -3.86. The van der Waals surface area contributed by atoms with Crippen LogP contribution in [0, 0.1) is 6.92 Å². The minimum Gasteiger partial charge on any atom is -0.457 e. The molecular weight excluding hydrogens is 486 g/mol. The molecule has 0 amide bonds. The molecule has 0 N–H and O–H groups in total. The molecule has 188 valence electrons. The number of aryl methyl sites for hydroxylation is 1. The first-order valence-electron chi connectivity index (χ1n) is 12.2. The molecule has 0 bridgehead atoms. The van der Waals surface area contributed by atoms with Crippen molar-refractivity contribution in [3.8, 4) is 0 Å². The predicted octanol–water partition coefficient (Wildman–Crippen LogP) is 5.25. The van der Waals surface area contributed by atoms with Gasteiger partial charge in [0.25, 0.3) is 0 Å². The highest BCUT2D eigenvalue weighted by atomic mass is 32.2. The van der Waals surface area contributed by atoms with Crippen molar-refractivity contribution in [2.24, 2.45) is 0 Å². The number of esters is 1. The molecule has 0 saturated heterocycles. The van der Waals surface area contributed by atoms with Gasteiger partial charge in [-0.25, -0.2) is 8.42 Å². The van der Waals surface area contributed by atoms with E-state index in [2.05, 4.69) is 0 Å². The van der Waals surface area contributed by atoms with Gasteiger partial charge in [-0.1, -0.05) is 84.4 Å². The largest absolute Gasteiger partial charge is 0.457 e. The van der Waals surface area contributed by atoms with Crippen LogP contribution >= 0.6 is 0 Å². The van der Waals surface area contributed by atoms with Crippen molar-refractivity contribution in [1.82, 2.24) is 4.31 Å². The van der Waals surface area contributed by atoms with Crippen molar-refractivity contribution in [2.75, 3.05) is 13.2 Å². The Morgan fingerprint density at radius 3 is 2.41 bits per heavy atom. The number of sulfonamides is 1. The molecule has 4 aromatic rings. The Morgan fingerprint density at radius 2 is 1.59 bits per heavy atom. The summed E-state index contributed by atoms with van der Waals surface area (Å²) in [6.45, 7) is 1.73. The minimum absolute atomic E-state index is 0.182. The van der Waals surface area contributed by atoms with Crippen LogP contribution in [0.5, 0.6) is 0 Å². The molecule has 0 aliphatic carbocycles. The molecule has 0 radical (unpaired) electrons. The number of Topliss-reactive ketones (excluding diaryl/α,β-unsaturated/α-hetero) is 1. The van der Waals surface area contributed by atoms with Gasteiger partial charge in [0.15, 0.2) is 6.61 Å². The smallest absolute Gasteiger partial charge is 0.308 e. The fourth-order valence-corrected chi connectivity index (χ4v) is 6.49. The van der Waals surface area contributed by atoms with Crippen molar-refractivity contribution in [2.45, 2.75) is 30.7 Å². The molecule has 0 fully saturated rings. The Hall–Kier alpha value is -3.81. The van der Waals surface area contributed by atoms with Crippen molar-refractivity contribution in [3.05, 3.63) is 113 Å². The standard InChI is InChI=1S/C30H27NO5S/c1-21-13-15-24(16-14-21)37(34,35)31-18-17-23-8-3-5-11-26(23)28(31)19-30(33)36-20-29(32)27-12-6-9-22-7-2-4-10-25(22)27/h2-16,28H,17-20H2,1H3. The molecule has 4 aromatic carbocycles. The number of benzene rings is 4. The van der Waals surface area contributed by atoms with E-state index in [0.717, 1.165) is 27.5 Å². The van der Waals surface area contributed by atoms with Gasteiger partial charge in [-0.2, -0.15) is 4.31 Å². The van der Waals surface area contributed by atoms with Crippen LogP contribution in [0.2, 0.25) is 0 Å². The summed E-state index contributed by atoms with van der Waals surface area (Å²) in [5.74, 6) is -0.933. The van der Waals surface area contributed by atoms with Crippen LogP contribution in [0.1, 0.15) is 39.5 Å². The van der Waals surface area contributed by atoms with Gasteiger partial charge in [-0.05, 0) is 47.4 Å². The number of fused-ring (bicyclic) bond motifs is 2. The van der Waals surface area contributed by atoms with E-state index in [4.69, 9.17) is 4.74 Å². The van der Waals surface area contributed by atoms with Gasteiger partial charge in [0, 0.05) is 12.1 Å². The fraction of sp³-hybridized carbons (Fsp3) is 0.200. The Balaban J connectivity index is 1.37. The Morgan fingerprint density at radius 1 is 0.892 bits per heavy atom. The molecule has 1 unspecified atom stereocenters. The Bertz CT molecular complexity index is 1570. The van der Waals surface area contributed by atoms with Gasteiger partial charge < -0.3 is 4.74 Å². The van der Waals surface area contributed by atoms with Gasteiger partial charge in [-0.15, -0.1) is 0 Å². The quantitative estimate of drug-likeness (QED) is 0.249. The van der Waals surface area contributed by atoms with Crippen LogP contribution in [0.25, 0.3) is 10.8 Å². The number of ether oxygens (including phenoxy) is 1. The van der Waals surface area contributed by atoms with E-state index in [1.807, 2.05) is 61.5 Å². The summed E-state index contributed by atoms with van der Waals surface area (Å²) in [6, 6.07) is 26.5. The highest BCUT2D eigenvalue weighted by molar-refractivity contribution is 7.89. The third-order valence-corrected chi connectivity index (χ3v) is 8.73. The number of carbonyl (C=O) groups is 2. The average Bonchev–Trinajstić information content (AvgIpc) is 2.91. The number of rotatable bonds is 7. The Kier molecular flexibility index (Phi) is 6.91. The summed E-state index contributed by atoms with van der Waals surface area (Å²) in [6.07, 6.45) is 0.358. The van der Waals surface area contributed by atoms with Crippen molar-refractivity contribution in [3.63, 3.8) is 0 Å². The van der Waals surface area contributed by atoms with E-state index in [-0.39, 0.29) is 23.6 Å². The lowest BCUT2D eigenvalue weighted by Crippen LogP contribution is -2.41. The topological polar surface area (TPSA) is 80.8 Å². The lowest BCUT2D eigenvalue weighted by Gasteiger charge is -2.36. The molecule has 1 aliphatic heterocycles. The first kappa shape index (κ1) is 24.9. The zero-order chi connectivity index (χ0) is 26.0. The van der Waals surface area contributed by atoms with Crippen LogP contribution in [-0.4, -0.2) is 37.6 Å². The molecule has 5 rings (SSSR count). The van der Waals surface area contributed by atoms with Crippen LogP contribution in [0.3, 0.4) is 0 Å². The molecule has 1 aliphatic rings. The van der Waals surface area contributed by atoms with Crippen LogP contribution in [-0.2, 0) is 26.0 Å². The lowest BCUT2D eigenvalue weighted by molar-refractivity contribution is -0.143. The molecule has 1 atom stereocenters. The van der Waals surface area contributed by atoms with Crippen molar-refractivity contribution in [1.29, 1.82) is 0 Å². The zero-order valence-corrected chi connectivity index (χ0v) is 21.3. The van der Waals surface area contributed by atoms with Gasteiger partial charge in [0.2, 0.25) is 15.8 Å². The molecule has 0 spiro atoms. The van der Waals surface area contributed by atoms with Gasteiger partial charge >= 0.3 is 5.97 Å². The number of carbonyl (C=O) groups excluding carboxylic acids is 2. The van der Waals surface area contributed by atoms with Crippen LogP contribution < -0.4 is 0 Å². The number of ketones is 1. The first-order chi connectivity index (χ1) is 17.8. The number of hydrogen-bond donors (Lipinski definition) is 0. The second-order valence-electron chi connectivity index (χ2n) is 9.21. The highest BCUT2D eigenvalue weighted by Crippen LogP contribution is 2.36. The molecule has 1 heterocycles. The van der Waals surface area contributed by atoms with Crippen molar-refractivity contribution >= 4 is 32.5 Å². The van der Waals surface area contributed by atoms with Gasteiger partial charge in [-0.3, -0.25) is 9.59 Å². The lowest BCUT2D eigenvalue weighted by atomic mass is 9.92. The SMILES string of the molecule is Cc1ccc(S(=O)(=O)N2CCc3ccccc3C2CC(=O)OCC(=O)c2cccc3ccccc23)cc1. The summed E-state index contributed by atoms with van der Waals surface area (Å²) < 4.78 is 34.0. The second-order valence-corrected chi connectivity index (χ2v) is 11.1. The highest BCUT2D eigenvalue weighted by Gasteiger charge is 2.37. The third-order valence-electron chi connectivity index (χ3n) is 6.81. The van der Waals surface area contributed by atoms with E-state index in [1.54, 1.807) is 36.4 Å². The van der Waals surface area contributed by atoms with E-state index < -0.39 is 28.6 Å². The summed E-state index contributed by atoms with van der Waals surface area (Å²) in [4.78, 5) is 26.1. The minimum atomic E-state index is -3.86. The number of nitrogens with zero attached hydrogens (tertiary/aromatic N) is 1. The van der Waals surface area contributed by atoms with Crippen LogP contribution in [0.15, 0.2) is 95.9 Å². The maximum atomic E-state index is 13.6. The van der Waals surface area contributed by atoms with Gasteiger partial charge in [0.1, 0.15) is 0 Å². The molecule has 37 heavy (non-hydrogen) atoms. The monoisotopic (exact) mass is 513 g/mol. The van der Waals surface area contributed by atoms with Gasteiger partial charge in [0.05, 0.1) is 17.4 Å². The molecule has 7 heteroatoms. The van der Waals surface area contributed by atoms with E-state index in [1.165, 1.54) is 4.31 Å². The predicted molar refractivity (Wildman–Crippen MR) is 142 cm³/mol. The third kappa shape index (κ3) is 5.05. The molecule has 6 nitrogen and oxygen atoms in total. The maximum Gasteiger partial charge on any atom is 0.308 e. The Labute approximate surface area is 216 Å². The molecular formula is C30H27NO5S. The first-order valence-corrected chi connectivity index (χ1v) is 13.6. The van der Waals surface area contributed by atoms with Crippen LogP contribution in [0.4, 0.5) is 0 Å². The van der Waals surface area contributed by atoms with Crippen molar-refractivity contribution < 1.29 is 22.7 Å². The molecule has 0 aromatic heterocycles. The van der Waals surface area contributed by atoms with E-state index in [9.17, 15) is 18.0 Å². The number of hydrogen-bond acceptors (Lipinski definition) is 5. The van der Waals surface area contributed by atoms with E-state index >= 15 is 0 Å². The molecule has 0 saturated carbocycles. The van der Waals surface area contributed by atoms with E-state index in [0.29, 0.717) is 12.0 Å². The summed E-state index contributed by atoms with van der Waals surface area (Å²) in [5, 5.41) is 1.72. The summed E-state index contributed by atoms with van der Waals surface area (Å²) >= 11 is 0. The fourth-order valence-electron chi connectivity index (χ4n) is 4.88. The second kappa shape index (κ2) is 10.3. The zero-order valence-electron chi connectivity index (χ0n) is 20.5.